The zero-order valence-corrected chi connectivity index (χ0v) is 19.2. The number of hydrogen-bond acceptors (Lipinski definition) is 9. The fourth-order valence-electron chi connectivity index (χ4n) is 4.71. The number of nitrogens with zero attached hydrogens (tertiary/aromatic N) is 6. The van der Waals surface area contributed by atoms with E-state index in [2.05, 4.69) is 25.5 Å². The lowest BCUT2D eigenvalue weighted by Crippen LogP contribution is -2.45. The highest BCUT2D eigenvalue weighted by molar-refractivity contribution is 5.72. The van der Waals surface area contributed by atoms with E-state index < -0.39 is 0 Å². The van der Waals surface area contributed by atoms with Gasteiger partial charge in [0.25, 0.3) is 6.47 Å². The predicted octanol–water partition coefficient (Wildman–Crippen LogP) is 2.10. The zero-order valence-electron chi connectivity index (χ0n) is 19.2. The third-order valence-electron chi connectivity index (χ3n) is 6.55. The van der Waals surface area contributed by atoms with Crippen LogP contribution in [0.4, 0.5) is 5.95 Å². The first-order chi connectivity index (χ1) is 16.6. The summed E-state index contributed by atoms with van der Waals surface area (Å²) in [6, 6.07) is 8.66. The molecule has 1 aliphatic carbocycles. The number of aliphatic hydroxyl groups excluding tert-OH is 1. The van der Waals surface area contributed by atoms with Crippen LogP contribution in [-0.4, -0.2) is 84.9 Å². The minimum absolute atomic E-state index is 0.109. The SMILES string of the molecule is COc1ccc(-n2nnc3cnc(N[C@H]4CC[C@H](N5CCC(O)CC5)CC4)nc32)cc1.O=CO. The average molecular weight is 470 g/mol. The summed E-state index contributed by atoms with van der Waals surface area (Å²) in [6.45, 7) is 1.79. The Balaban J connectivity index is 0.000000868. The zero-order chi connectivity index (χ0) is 23.9. The van der Waals surface area contributed by atoms with Crippen molar-refractivity contribution in [3.8, 4) is 11.4 Å². The lowest BCUT2D eigenvalue weighted by molar-refractivity contribution is -0.122. The molecular formula is C23H31N7O4. The smallest absolute Gasteiger partial charge is 0.290 e. The van der Waals surface area contributed by atoms with Crippen LogP contribution in [0.2, 0.25) is 0 Å². The number of carbonyl (C=O) groups is 1. The summed E-state index contributed by atoms with van der Waals surface area (Å²) < 4.78 is 6.96. The number of hydrogen-bond donors (Lipinski definition) is 3. The first-order valence-corrected chi connectivity index (χ1v) is 11.6. The highest BCUT2D eigenvalue weighted by Gasteiger charge is 2.28. The van der Waals surface area contributed by atoms with Gasteiger partial charge in [0.1, 0.15) is 5.75 Å². The van der Waals surface area contributed by atoms with Gasteiger partial charge in [-0.3, -0.25) is 4.79 Å². The Morgan fingerprint density at radius 1 is 1.09 bits per heavy atom. The molecular weight excluding hydrogens is 438 g/mol. The van der Waals surface area contributed by atoms with Crippen molar-refractivity contribution >= 4 is 23.6 Å². The highest BCUT2D eigenvalue weighted by atomic mass is 16.5. The molecule has 1 saturated heterocycles. The summed E-state index contributed by atoms with van der Waals surface area (Å²) in [5.41, 5.74) is 2.22. The summed E-state index contributed by atoms with van der Waals surface area (Å²) in [5.74, 6) is 1.41. The van der Waals surface area contributed by atoms with Gasteiger partial charge in [0.15, 0.2) is 11.2 Å². The number of likely N-dealkylation sites (tertiary alicyclic amines) is 1. The van der Waals surface area contributed by atoms with Gasteiger partial charge in [0.2, 0.25) is 5.95 Å². The Morgan fingerprint density at radius 3 is 2.41 bits per heavy atom. The molecule has 1 saturated carbocycles. The topological polar surface area (TPSA) is 139 Å². The van der Waals surface area contributed by atoms with E-state index in [1.807, 2.05) is 24.3 Å². The van der Waals surface area contributed by atoms with Crippen molar-refractivity contribution in [3.63, 3.8) is 0 Å². The fraction of sp³-hybridized carbons (Fsp3) is 0.522. The number of rotatable bonds is 5. The van der Waals surface area contributed by atoms with Gasteiger partial charge in [-0.05, 0) is 62.8 Å². The Kier molecular flexibility index (Phi) is 7.86. The van der Waals surface area contributed by atoms with E-state index in [4.69, 9.17) is 19.6 Å². The Morgan fingerprint density at radius 2 is 1.76 bits per heavy atom. The molecule has 1 aliphatic heterocycles. The highest BCUT2D eigenvalue weighted by Crippen LogP contribution is 2.27. The maximum atomic E-state index is 9.74. The molecule has 0 amide bonds. The molecule has 0 spiro atoms. The van der Waals surface area contributed by atoms with Crippen LogP contribution in [0.1, 0.15) is 38.5 Å². The number of benzene rings is 1. The maximum absolute atomic E-state index is 9.74. The number of carboxylic acid groups (broad SMARTS) is 1. The van der Waals surface area contributed by atoms with E-state index in [1.54, 1.807) is 18.0 Å². The van der Waals surface area contributed by atoms with Crippen LogP contribution in [0.5, 0.6) is 5.75 Å². The first-order valence-electron chi connectivity index (χ1n) is 11.6. The Bertz CT molecular complexity index is 1060. The summed E-state index contributed by atoms with van der Waals surface area (Å²) in [7, 11) is 1.65. The van der Waals surface area contributed by atoms with E-state index >= 15 is 0 Å². The van der Waals surface area contributed by atoms with Gasteiger partial charge >= 0.3 is 0 Å². The number of fused-ring (bicyclic) bond motifs is 1. The molecule has 2 fully saturated rings. The second-order valence-corrected chi connectivity index (χ2v) is 8.62. The number of nitrogens with one attached hydrogen (secondary N) is 1. The summed E-state index contributed by atoms with van der Waals surface area (Å²) >= 11 is 0. The monoisotopic (exact) mass is 469 g/mol. The molecule has 182 valence electrons. The van der Waals surface area contributed by atoms with Gasteiger partial charge < -0.3 is 25.2 Å². The van der Waals surface area contributed by atoms with Crippen molar-refractivity contribution < 1.29 is 19.7 Å². The molecule has 3 heterocycles. The predicted molar refractivity (Wildman–Crippen MR) is 126 cm³/mol. The van der Waals surface area contributed by atoms with E-state index in [9.17, 15) is 5.11 Å². The van der Waals surface area contributed by atoms with Gasteiger partial charge in [-0.15, -0.1) is 5.10 Å². The van der Waals surface area contributed by atoms with Gasteiger partial charge in [-0.25, -0.2) is 4.98 Å². The standard InChI is InChI=1S/C22H29N7O2.CH2O2/c1-31-19-8-6-17(7-9-19)29-21-20(26-27-29)14-23-22(25-21)24-15-2-4-16(5-3-15)28-12-10-18(30)11-13-28;2-1-3/h6-9,14-16,18,30H,2-5,10-13H2,1H3,(H,23,24,25);1H,(H,2,3)/t15-,16-;. The molecule has 11 nitrogen and oxygen atoms in total. The van der Waals surface area contributed by atoms with E-state index in [-0.39, 0.29) is 12.6 Å². The van der Waals surface area contributed by atoms with Crippen molar-refractivity contribution in [2.75, 3.05) is 25.5 Å². The van der Waals surface area contributed by atoms with Crippen LogP contribution < -0.4 is 10.1 Å². The van der Waals surface area contributed by atoms with Crippen LogP contribution in [0, 0.1) is 0 Å². The minimum atomic E-state index is -0.250. The minimum Gasteiger partial charge on any atom is -0.497 e. The molecule has 2 aromatic heterocycles. The molecule has 34 heavy (non-hydrogen) atoms. The number of ether oxygens (including phenoxy) is 1. The van der Waals surface area contributed by atoms with Gasteiger partial charge in [0, 0.05) is 25.2 Å². The second kappa shape index (κ2) is 11.2. The third kappa shape index (κ3) is 5.60. The molecule has 5 rings (SSSR count). The number of anilines is 1. The van der Waals surface area contributed by atoms with Crippen LogP contribution in [0.25, 0.3) is 16.9 Å². The molecule has 0 atom stereocenters. The number of aromatic nitrogens is 5. The molecule has 0 bridgehead atoms. The van der Waals surface area contributed by atoms with Crippen molar-refractivity contribution in [1.82, 2.24) is 29.9 Å². The summed E-state index contributed by atoms with van der Waals surface area (Å²) in [4.78, 5) is 20.1. The lowest BCUT2D eigenvalue weighted by Gasteiger charge is -2.40. The van der Waals surface area contributed by atoms with Crippen LogP contribution >= 0.6 is 0 Å². The van der Waals surface area contributed by atoms with Gasteiger partial charge in [-0.1, -0.05) is 5.21 Å². The number of aliphatic hydroxyl groups is 1. The average Bonchev–Trinajstić information content (AvgIpc) is 3.29. The third-order valence-corrected chi connectivity index (χ3v) is 6.55. The largest absolute Gasteiger partial charge is 0.497 e. The number of methoxy groups -OCH3 is 1. The first kappa shape index (κ1) is 23.8. The maximum Gasteiger partial charge on any atom is 0.290 e. The molecule has 11 heteroatoms. The fourth-order valence-corrected chi connectivity index (χ4v) is 4.71. The number of piperidine rings is 1. The summed E-state index contributed by atoms with van der Waals surface area (Å²) in [5, 5.41) is 28.6. The van der Waals surface area contributed by atoms with Gasteiger partial charge in [0.05, 0.1) is 25.1 Å². The van der Waals surface area contributed by atoms with Crippen LogP contribution in [-0.2, 0) is 4.79 Å². The lowest BCUT2D eigenvalue weighted by atomic mass is 9.89. The Labute approximate surface area is 197 Å². The summed E-state index contributed by atoms with van der Waals surface area (Å²) in [6.07, 6.45) is 7.96. The second-order valence-electron chi connectivity index (χ2n) is 8.62. The van der Waals surface area contributed by atoms with E-state index in [0.717, 1.165) is 50.2 Å². The molecule has 0 radical (unpaired) electrons. The molecule has 2 aliphatic rings. The molecule has 3 aromatic rings. The normalized spacial score (nSPS) is 21.5. The van der Waals surface area contributed by atoms with Crippen LogP contribution in [0.15, 0.2) is 30.5 Å². The van der Waals surface area contributed by atoms with Crippen LogP contribution in [0.3, 0.4) is 0 Å². The van der Waals surface area contributed by atoms with Crippen molar-refractivity contribution in [2.24, 2.45) is 0 Å². The van der Waals surface area contributed by atoms with E-state index in [1.165, 1.54) is 12.8 Å². The van der Waals surface area contributed by atoms with Crippen molar-refractivity contribution in [1.29, 1.82) is 0 Å². The van der Waals surface area contributed by atoms with Crippen molar-refractivity contribution in [3.05, 3.63) is 30.5 Å². The van der Waals surface area contributed by atoms with Gasteiger partial charge in [-0.2, -0.15) is 9.67 Å². The van der Waals surface area contributed by atoms with E-state index in [0.29, 0.717) is 29.2 Å². The molecule has 3 N–H and O–H groups in total. The molecule has 0 unspecified atom stereocenters. The Hall–Kier alpha value is -3.31. The molecule has 1 aromatic carbocycles. The van der Waals surface area contributed by atoms with Crippen molar-refractivity contribution in [2.45, 2.75) is 56.7 Å². The quantitative estimate of drug-likeness (QED) is 0.476.